The zero-order chi connectivity index (χ0) is 16.3. The summed E-state index contributed by atoms with van der Waals surface area (Å²) in [4.78, 5) is 18.1. The highest BCUT2D eigenvalue weighted by Crippen LogP contribution is 2.13. The number of anilines is 1. The van der Waals surface area contributed by atoms with E-state index in [1.165, 1.54) is 0 Å². The number of ether oxygens (including phenoxy) is 1. The number of morpholine rings is 1. The summed E-state index contributed by atoms with van der Waals surface area (Å²) in [5.74, 6) is -0.0791. The molecule has 1 aromatic heterocycles. The second kappa shape index (κ2) is 6.62. The van der Waals surface area contributed by atoms with Crippen LogP contribution in [-0.4, -0.2) is 62.1 Å². The first-order valence-electron chi connectivity index (χ1n) is 7.03. The number of nitrogens with one attached hydrogen (secondary N) is 1. The maximum absolute atomic E-state index is 12.3. The molecule has 0 saturated carbocycles. The highest BCUT2D eigenvalue weighted by molar-refractivity contribution is 7.90. The van der Waals surface area contributed by atoms with Crippen LogP contribution in [0.1, 0.15) is 11.4 Å². The van der Waals surface area contributed by atoms with Crippen molar-refractivity contribution in [3.8, 4) is 0 Å². The highest BCUT2D eigenvalue weighted by Gasteiger charge is 2.26. The number of sulfone groups is 1. The molecule has 7 nitrogen and oxygen atoms in total. The van der Waals surface area contributed by atoms with Crippen molar-refractivity contribution in [2.45, 2.75) is 20.0 Å². The zero-order valence-electron chi connectivity index (χ0n) is 13.0. The number of hydrogen-bond donors (Lipinski definition) is 1. The van der Waals surface area contributed by atoms with E-state index in [0.717, 1.165) is 17.6 Å². The lowest BCUT2D eigenvalue weighted by atomic mass is 10.2. The summed E-state index contributed by atoms with van der Waals surface area (Å²) in [5.41, 5.74) is 2.33. The number of aromatic nitrogens is 1. The lowest BCUT2D eigenvalue weighted by Gasteiger charge is -2.32. The summed E-state index contributed by atoms with van der Waals surface area (Å²) in [6, 6.07) is 3.32. The van der Waals surface area contributed by atoms with E-state index in [0.29, 0.717) is 18.8 Å². The number of carbonyl (C=O) groups excluding carboxylic acids is 1. The molecule has 1 N–H and O–H groups in total. The van der Waals surface area contributed by atoms with Crippen LogP contribution in [0.15, 0.2) is 12.1 Å². The van der Waals surface area contributed by atoms with Crippen LogP contribution in [0.3, 0.4) is 0 Å². The summed E-state index contributed by atoms with van der Waals surface area (Å²) < 4.78 is 28.1. The Kier molecular flexibility index (Phi) is 5.02. The summed E-state index contributed by atoms with van der Waals surface area (Å²) in [5, 5.41) is 2.82. The molecular formula is C14H21N3O4S. The van der Waals surface area contributed by atoms with Gasteiger partial charge >= 0.3 is 6.03 Å². The van der Waals surface area contributed by atoms with Crippen molar-refractivity contribution in [2.75, 3.05) is 37.0 Å². The summed E-state index contributed by atoms with van der Waals surface area (Å²) in [7, 11) is -3.13. The van der Waals surface area contributed by atoms with Gasteiger partial charge in [0.1, 0.15) is 9.84 Å². The van der Waals surface area contributed by atoms with E-state index in [9.17, 15) is 13.2 Å². The van der Waals surface area contributed by atoms with E-state index in [-0.39, 0.29) is 18.3 Å². The molecule has 1 saturated heterocycles. The topological polar surface area (TPSA) is 88.6 Å². The third-order valence-electron chi connectivity index (χ3n) is 3.25. The molecule has 0 radical (unpaired) electrons. The minimum atomic E-state index is -3.13. The van der Waals surface area contributed by atoms with Crippen LogP contribution in [-0.2, 0) is 14.6 Å². The van der Waals surface area contributed by atoms with Gasteiger partial charge in [-0.2, -0.15) is 0 Å². The van der Waals surface area contributed by atoms with Crippen molar-refractivity contribution in [3.63, 3.8) is 0 Å². The maximum atomic E-state index is 12.3. The Morgan fingerprint density at radius 3 is 2.64 bits per heavy atom. The molecule has 1 unspecified atom stereocenters. The van der Waals surface area contributed by atoms with E-state index in [1.807, 2.05) is 13.8 Å². The molecule has 22 heavy (non-hydrogen) atoms. The third kappa shape index (κ3) is 4.96. The second-order valence-corrected chi connectivity index (χ2v) is 7.78. The molecule has 1 aliphatic rings. The Labute approximate surface area is 130 Å². The number of hydrogen-bond acceptors (Lipinski definition) is 5. The van der Waals surface area contributed by atoms with Gasteiger partial charge in [0, 0.05) is 36.4 Å². The lowest BCUT2D eigenvalue weighted by molar-refractivity contribution is 0.000459. The molecule has 0 aromatic carbocycles. The first kappa shape index (κ1) is 16.7. The van der Waals surface area contributed by atoms with Gasteiger partial charge in [-0.15, -0.1) is 0 Å². The molecule has 1 fully saturated rings. The first-order chi connectivity index (χ1) is 10.2. The van der Waals surface area contributed by atoms with Crippen LogP contribution in [0, 0.1) is 13.8 Å². The number of pyridine rings is 1. The molecule has 8 heteroatoms. The average Bonchev–Trinajstić information content (AvgIpc) is 2.35. The number of aryl methyl sites for hydroxylation is 2. The quantitative estimate of drug-likeness (QED) is 0.894. The van der Waals surface area contributed by atoms with E-state index >= 15 is 0 Å². The molecule has 1 atom stereocenters. The molecule has 2 amide bonds. The van der Waals surface area contributed by atoms with Gasteiger partial charge in [-0.05, 0) is 26.0 Å². The minimum absolute atomic E-state index is 0.0791. The van der Waals surface area contributed by atoms with E-state index in [2.05, 4.69) is 10.3 Å². The van der Waals surface area contributed by atoms with E-state index < -0.39 is 15.9 Å². The number of amides is 2. The molecule has 0 bridgehead atoms. The number of carbonyl (C=O) groups is 1. The predicted molar refractivity (Wildman–Crippen MR) is 83.8 cm³/mol. The normalized spacial score (nSPS) is 19.0. The smallest absolute Gasteiger partial charge is 0.322 e. The largest absolute Gasteiger partial charge is 0.373 e. The fraction of sp³-hybridized carbons (Fsp3) is 0.571. The van der Waals surface area contributed by atoms with Crippen LogP contribution >= 0.6 is 0 Å². The van der Waals surface area contributed by atoms with Gasteiger partial charge in [-0.3, -0.25) is 4.98 Å². The third-order valence-corrected chi connectivity index (χ3v) is 4.22. The van der Waals surface area contributed by atoms with Gasteiger partial charge in [0.15, 0.2) is 0 Å². The molecule has 2 rings (SSSR count). The number of rotatable bonds is 3. The average molecular weight is 327 g/mol. The Morgan fingerprint density at radius 2 is 2.05 bits per heavy atom. The Balaban J connectivity index is 1.99. The van der Waals surface area contributed by atoms with Gasteiger partial charge in [0.05, 0.1) is 18.5 Å². The fourth-order valence-corrected chi connectivity index (χ4v) is 3.33. The standard InChI is InChI=1S/C14H21N3O4S/c1-10-6-12(7-11(2)15-10)16-14(18)17-4-5-21-13(8-17)9-22(3,19)20/h6-7,13H,4-5,8-9H2,1-3H3,(H,15,16,18). The van der Waals surface area contributed by atoms with Crippen LogP contribution in [0.2, 0.25) is 0 Å². The zero-order valence-corrected chi connectivity index (χ0v) is 13.8. The van der Waals surface area contributed by atoms with Crippen LogP contribution < -0.4 is 5.32 Å². The SMILES string of the molecule is Cc1cc(NC(=O)N2CCOC(CS(C)(=O)=O)C2)cc(C)n1. The molecule has 122 valence electrons. The first-order valence-corrected chi connectivity index (χ1v) is 9.09. The molecule has 2 heterocycles. The summed E-state index contributed by atoms with van der Waals surface area (Å²) in [6.45, 7) is 4.76. The predicted octanol–water partition coefficient (Wildman–Crippen LogP) is 0.976. The molecule has 0 aliphatic carbocycles. The molecule has 1 aliphatic heterocycles. The maximum Gasteiger partial charge on any atom is 0.322 e. The van der Waals surface area contributed by atoms with Crippen LogP contribution in [0.4, 0.5) is 10.5 Å². The van der Waals surface area contributed by atoms with Crippen molar-refractivity contribution in [2.24, 2.45) is 0 Å². The van der Waals surface area contributed by atoms with Crippen molar-refractivity contribution in [1.82, 2.24) is 9.88 Å². The van der Waals surface area contributed by atoms with E-state index in [4.69, 9.17) is 4.74 Å². The lowest BCUT2D eigenvalue weighted by Crippen LogP contribution is -2.49. The van der Waals surface area contributed by atoms with E-state index in [1.54, 1.807) is 17.0 Å². The monoisotopic (exact) mass is 327 g/mol. The fourth-order valence-electron chi connectivity index (χ4n) is 2.45. The van der Waals surface area contributed by atoms with Gasteiger partial charge < -0.3 is 15.0 Å². The Morgan fingerprint density at radius 1 is 1.41 bits per heavy atom. The number of urea groups is 1. The Bertz CT molecular complexity index is 640. The van der Waals surface area contributed by atoms with Crippen LogP contribution in [0.5, 0.6) is 0 Å². The number of nitrogens with zero attached hydrogens (tertiary/aromatic N) is 2. The molecular weight excluding hydrogens is 306 g/mol. The molecule has 1 aromatic rings. The van der Waals surface area contributed by atoms with Gasteiger partial charge in [0.25, 0.3) is 0 Å². The Hall–Kier alpha value is -1.67. The van der Waals surface area contributed by atoms with Crippen LogP contribution in [0.25, 0.3) is 0 Å². The highest BCUT2D eigenvalue weighted by atomic mass is 32.2. The van der Waals surface area contributed by atoms with Gasteiger partial charge in [0.2, 0.25) is 0 Å². The van der Waals surface area contributed by atoms with Crippen molar-refractivity contribution in [3.05, 3.63) is 23.5 Å². The second-order valence-electron chi connectivity index (χ2n) is 5.60. The summed E-state index contributed by atoms with van der Waals surface area (Å²) in [6.07, 6.45) is 0.688. The van der Waals surface area contributed by atoms with Gasteiger partial charge in [-0.1, -0.05) is 0 Å². The molecule has 0 spiro atoms. The minimum Gasteiger partial charge on any atom is -0.373 e. The van der Waals surface area contributed by atoms with Crippen molar-refractivity contribution >= 4 is 21.6 Å². The van der Waals surface area contributed by atoms with Crippen molar-refractivity contribution in [1.29, 1.82) is 0 Å². The van der Waals surface area contributed by atoms with Crippen molar-refractivity contribution < 1.29 is 17.9 Å². The van der Waals surface area contributed by atoms with Gasteiger partial charge in [-0.25, -0.2) is 13.2 Å². The summed E-state index contributed by atoms with van der Waals surface area (Å²) >= 11 is 0.